The lowest BCUT2D eigenvalue weighted by atomic mass is 10.3. The van der Waals surface area contributed by atoms with Crippen LogP contribution in [0.4, 0.5) is 5.69 Å². The Balaban J connectivity index is 2.81. The molecule has 0 heterocycles. The molecule has 1 aromatic rings. The van der Waals surface area contributed by atoms with Gasteiger partial charge in [0.15, 0.2) is 0 Å². The van der Waals surface area contributed by atoms with E-state index in [1.807, 2.05) is 6.07 Å². The normalized spacial score (nSPS) is 10.3. The fourth-order valence-corrected chi connectivity index (χ4v) is 2.71. The van der Waals surface area contributed by atoms with Crippen molar-refractivity contribution in [2.75, 3.05) is 11.6 Å². The number of nitro benzene ring substituents is 1. The van der Waals surface area contributed by atoms with E-state index in [1.54, 1.807) is 12.1 Å². The first kappa shape index (κ1) is 13.1. The first-order valence-electron chi connectivity index (χ1n) is 4.28. The molecule has 0 spiro atoms. The van der Waals surface area contributed by atoms with Crippen LogP contribution in [-0.4, -0.2) is 16.6 Å². The second-order valence-corrected chi connectivity index (χ2v) is 5.52. The molecule has 0 saturated heterocycles. The van der Waals surface area contributed by atoms with E-state index >= 15 is 0 Å². The molecular formula is C9H9ClINO2S. The van der Waals surface area contributed by atoms with Crippen LogP contribution in [-0.2, 0) is 0 Å². The number of nitrogens with zero attached hydrogens (tertiary/aromatic N) is 1. The summed E-state index contributed by atoms with van der Waals surface area (Å²) in [4.78, 5) is 11.1. The third kappa shape index (κ3) is 4.16. The molecule has 0 aliphatic heterocycles. The molecule has 6 heteroatoms. The van der Waals surface area contributed by atoms with Gasteiger partial charge in [-0.1, -0.05) is 0 Å². The molecule has 0 aromatic heterocycles. The van der Waals surface area contributed by atoms with Gasteiger partial charge in [-0.15, -0.1) is 23.4 Å². The second kappa shape index (κ2) is 6.55. The lowest BCUT2D eigenvalue weighted by Gasteiger charge is -2.02. The van der Waals surface area contributed by atoms with Crippen LogP contribution in [0.25, 0.3) is 0 Å². The van der Waals surface area contributed by atoms with Gasteiger partial charge < -0.3 is 0 Å². The van der Waals surface area contributed by atoms with Crippen molar-refractivity contribution in [1.82, 2.24) is 0 Å². The third-order valence-electron chi connectivity index (χ3n) is 1.65. The molecule has 15 heavy (non-hydrogen) atoms. The van der Waals surface area contributed by atoms with E-state index in [1.165, 1.54) is 11.8 Å². The van der Waals surface area contributed by atoms with Gasteiger partial charge in [-0.2, -0.15) is 0 Å². The van der Waals surface area contributed by atoms with Gasteiger partial charge in [0.05, 0.1) is 9.82 Å². The third-order valence-corrected chi connectivity index (χ3v) is 3.74. The second-order valence-electron chi connectivity index (χ2n) is 2.76. The summed E-state index contributed by atoms with van der Waals surface area (Å²) in [7, 11) is 0. The summed E-state index contributed by atoms with van der Waals surface area (Å²) in [5.41, 5.74) is 0.182. The van der Waals surface area contributed by atoms with E-state index in [9.17, 15) is 10.1 Å². The van der Waals surface area contributed by atoms with Crippen molar-refractivity contribution < 1.29 is 4.92 Å². The maximum atomic E-state index is 10.8. The predicted octanol–water partition coefficient (Wildman–Crippen LogP) is 3.92. The van der Waals surface area contributed by atoms with E-state index in [0.29, 0.717) is 10.8 Å². The van der Waals surface area contributed by atoms with Gasteiger partial charge in [-0.3, -0.25) is 10.1 Å². The topological polar surface area (TPSA) is 43.1 Å². The first-order valence-corrected chi connectivity index (χ1v) is 6.87. The maximum absolute atomic E-state index is 10.8. The smallest absolute Gasteiger partial charge is 0.258 e. The zero-order valence-electron chi connectivity index (χ0n) is 7.78. The van der Waals surface area contributed by atoms with E-state index in [4.69, 9.17) is 11.6 Å². The molecule has 0 fully saturated rings. The van der Waals surface area contributed by atoms with Gasteiger partial charge in [0.2, 0.25) is 0 Å². The summed E-state index contributed by atoms with van der Waals surface area (Å²) >= 11 is 9.09. The number of halogens is 2. The van der Waals surface area contributed by atoms with Crippen molar-refractivity contribution in [3.05, 3.63) is 31.9 Å². The molecular weight excluding hydrogens is 349 g/mol. The van der Waals surface area contributed by atoms with E-state index in [0.717, 1.165) is 15.7 Å². The van der Waals surface area contributed by atoms with Gasteiger partial charge in [0, 0.05) is 15.5 Å². The van der Waals surface area contributed by atoms with Crippen molar-refractivity contribution in [2.24, 2.45) is 0 Å². The Morgan fingerprint density at radius 2 is 2.27 bits per heavy atom. The molecule has 0 saturated carbocycles. The van der Waals surface area contributed by atoms with Gasteiger partial charge in [-0.05, 0) is 46.9 Å². The van der Waals surface area contributed by atoms with Crippen molar-refractivity contribution in [1.29, 1.82) is 0 Å². The number of thioether (sulfide) groups is 1. The Hall–Kier alpha value is -0.0100. The summed E-state index contributed by atoms with van der Waals surface area (Å²) in [6.45, 7) is 0. The fraction of sp³-hybridized carbons (Fsp3) is 0.333. The zero-order chi connectivity index (χ0) is 11.3. The molecule has 0 radical (unpaired) electrons. The highest BCUT2D eigenvalue weighted by molar-refractivity contribution is 14.1. The highest BCUT2D eigenvalue weighted by Gasteiger charge is 2.13. The van der Waals surface area contributed by atoms with Crippen molar-refractivity contribution >= 4 is 51.6 Å². The molecule has 3 nitrogen and oxygen atoms in total. The van der Waals surface area contributed by atoms with Crippen LogP contribution in [0.15, 0.2) is 23.1 Å². The molecule has 0 amide bonds. The van der Waals surface area contributed by atoms with Gasteiger partial charge >= 0.3 is 0 Å². The predicted molar refractivity (Wildman–Crippen MR) is 71.9 cm³/mol. The Bertz CT molecular complexity index is 362. The standard InChI is InChI=1S/C9H9ClINO2S/c10-4-1-5-15-9-3-2-7(11)6-8(9)12(13)14/h2-3,6H,1,4-5H2. The lowest BCUT2D eigenvalue weighted by molar-refractivity contribution is -0.387. The largest absolute Gasteiger partial charge is 0.283 e. The van der Waals surface area contributed by atoms with E-state index < -0.39 is 0 Å². The number of nitro groups is 1. The summed E-state index contributed by atoms with van der Waals surface area (Å²) in [5.74, 6) is 1.40. The minimum atomic E-state index is -0.342. The van der Waals surface area contributed by atoms with Crippen LogP contribution in [0.2, 0.25) is 0 Å². The molecule has 1 aromatic carbocycles. The Labute approximate surface area is 111 Å². The lowest BCUT2D eigenvalue weighted by Crippen LogP contribution is -1.92. The Kier molecular flexibility index (Phi) is 5.70. The summed E-state index contributed by atoms with van der Waals surface area (Å²) < 4.78 is 0.876. The summed E-state index contributed by atoms with van der Waals surface area (Å²) in [6, 6.07) is 5.25. The minimum absolute atomic E-state index is 0.182. The Morgan fingerprint density at radius 1 is 1.53 bits per heavy atom. The van der Waals surface area contributed by atoms with Gasteiger partial charge in [0.25, 0.3) is 5.69 Å². The molecule has 82 valence electrons. The summed E-state index contributed by atoms with van der Waals surface area (Å²) in [5, 5.41) is 10.8. The van der Waals surface area contributed by atoms with Gasteiger partial charge in [0.1, 0.15) is 0 Å². The molecule has 0 unspecified atom stereocenters. The zero-order valence-corrected chi connectivity index (χ0v) is 11.5. The van der Waals surface area contributed by atoms with Crippen LogP contribution in [0.3, 0.4) is 0 Å². The quantitative estimate of drug-likeness (QED) is 0.200. The van der Waals surface area contributed by atoms with E-state index in [-0.39, 0.29) is 10.6 Å². The highest BCUT2D eigenvalue weighted by atomic mass is 127. The van der Waals surface area contributed by atoms with Crippen LogP contribution >= 0.6 is 46.0 Å². The molecule has 0 aliphatic rings. The molecule has 1 rings (SSSR count). The summed E-state index contributed by atoms with van der Waals surface area (Å²) in [6.07, 6.45) is 0.857. The molecule has 0 bridgehead atoms. The first-order chi connectivity index (χ1) is 7.15. The van der Waals surface area contributed by atoms with Crippen LogP contribution < -0.4 is 0 Å². The minimum Gasteiger partial charge on any atom is -0.258 e. The molecule has 0 N–H and O–H groups in total. The molecule has 0 aliphatic carbocycles. The number of rotatable bonds is 5. The number of alkyl halides is 1. The fourth-order valence-electron chi connectivity index (χ4n) is 0.992. The molecule has 0 atom stereocenters. The number of hydrogen-bond donors (Lipinski definition) is 0. The Morgan fingerprint density at radius 3 is 2.87 bits per heavy atom. The van der Waals surface area contributed by atoms with Gasteiger partial charge in [-0.25, -0.2) is 0 Å². The van der Waals surface area contributed by atoms with Crippen molar-refractivity contribution in [2.45, 2.75) is 11.3 Å². The number of hydrogen-bond acceptors (Lipinski definition) is 3. The van der Waals surface area contributed by atoms with E-state index in [2.05, 4.69) is 22.6 Å². The maximum Gasteiger partial charge on any atom is 0.283 e. The van der Waals surface area contributed by atoms with Crippen LogP contribution in [0.5, 0.6) is 0 Å². The van der Waals surface area contributed by atoms with Crippen LogP contribution in [0.1, 0.15) is 6.42 Å². The average molecular weight is 358 g/mol. The average Bonchev–Trinajstić information content (AvgIpc) is 2.20. The van der Waals surface area contributed by atoms with Crippen molar-refractivity contribution in [3.63, 3.8) is 0 Å². The number of benzene rings is 1. The highest BCUT2D eigenvalue weighted by Crippen LogP contribution is 2.30. The monoisotopic (exact) mass is 357 g/mol. The van der Waals surface area contributed by atoms with Crippen LogP contribution in [0, 0.1) is 13.7 Å². The van der Waals surface area contributed by atoms with Crippen molar-refractivity contribution in [3.8, 4) is 0 Å². The SMILES string of the molecule is O=[N+]([O-])c1cc(I)ccc1SCCCCl.